The quantitative estimate of drug-likeness (QED) is 0.569. The standard InChI is InChI=1S/C21H36N2/c1-3-22(19-21-13-11-20(2)12-14-21)15-7-4-5-8-16-23-17-9-6-10-18-23/h11-14H,3-10,15-19H2,1-2H3. The van der Waals surface area contributed by atoms with Gasteiger partial charge < -0.3 is 4.90 Å². The van der Waals surface area contributed by atoms with E-state index in [1.165, 1.54) is 82.3 Å². The van der Waals surface area contributed by atoms with Gasteiger partial charge in [-0.2, -0.15) is 0 Å². The van der Waals surface area contributed by atoms with Gasteiger partial charge in [0.05, 0.1) is 0 Å². The van der Waals surface area contributed by atoms with Crippen LogP contribution in [0, 0.1) is 6.92 Å². The van der Waals surface area contributed by atoms with Crippen LogP contribution in [0.2, 0.25) is 0 Å². The van der Waals surface area contributed by atoms with Crippen molar-refractivity contribution in [3.05, 3.63) is 35.4 Å². The van der Waals surface area contributed by atoms with E-state index in [9.17, 15) is 0 Å². The van der Waals surface area contributed by atoms with Crippen LogP contribution < -0.4 is 0 Å². The maximum absolute atomic E-state index is 2.67. The lowest BCUT2D eigenvalue weighted by atomic mass is 10.1. The van der Waals surface area contributed by atoms with Gasteiger partial charge >= 0.3 is 0 Å². The molecular weight excluding hydrogens is 280 g/mol. The van der Waals surface area contributed by atoms with Gasteiger partial charge in [-0.15, -0.1) is 0 Å². The van der Waals surface area contributed by atoms with E-state index in [1.807, 2.05) is 0 Å². The highest BCUT2D eigenvalue weighted by Gasteiger charge is 2.09. The summed E-state index contributed by atoms with van der Waals surface area (Å²) >= 11 is 0. The van der Waals surface area contributed by atoms with E-state index in [4.69, 9.17) is 0 Å². The van der Waals surface area contributed by atoms with Crippen molar-refractivity contribution in [3.63, 3.8) is 0 Å². The summed E-state index contributed by atoms with van der Waals surface area (Å²) in [5, 5.41) is 0. The summed E-state index contributed by atoms with van der Waals surface area (Å²) in [6.07, 6.45) is 9.82. The van der Waals surface area contributed by atoms with Crippen LogP contribution in [0.1, 0.15) is 63.0 Å². The van der Waals surface area contributed by atoms with Gasteiger partial charge in [0.1, 0.15) is 0 Å². The van der Waals surface area contributed by atoms with Crippen LogP contribution in [0.3, 0.4) is 0 Å². The maximum Gasteiger partial charge on any atom is 0.0233 e. The Balaban J connectivity index is 1.53. The molecule has 23 heavy (non-hydrogen) atoms. The van der Waals surface area contributed by atoms with Crippen LogP contribution in [-0.4, -0.2) is 42.5 Å². The molecule has 0 atom stereocenters. The van der Waals surface area contributed by atoms with Crippen molar-refractivity contribution in [3.8, 4) is 0 Å². The number of piperidine rings is 1. The minimum absolute atomic E-state index is 1.10. The van der Waals surface area contributed by atoms with Gasteiger partial charge in [-0.05, 0) is 70.9 Å². The Kier molecular flexibility index (Phi) is 8.70. The van der Waals surface area contributed by atoms with Crippen molar-refractivity contribution in [1.29, 1.82) is 0 Å². The smallest absolute Gasteiger partial charge is 0.0233 e. The zero-order valence-corrected chi connectivity index (χ0v) is 15.4. The average molecular weight is 317 g/mol. The average Bonchev–Trinajstić information content (AvgIpc) is 2.59. The molecule has 0 aromatic heterocycles. The topological polar surface area (TPSA) is 6.48 Å². The molecule has 2 nitrogen and oxygen atoms in total. The van der Waals surface area contributed by atoms with Gasteiger partial charge in [0.15, 0.2) is 0 Å². The number of unbranched alkanes of at least 4 members (excludes halogenated alkanes) is 3. The second-order valence-corrected chi connectivity index (χ2v) is 7.17. The Hall–Kier alpha value is -0.860. The van der Waals surface area contributed by atoms with E-state index >= 15 is 0 Å². The second-order valence-electron chi connectivity index (χ2n) is 7.17. The Labute approximate surface area is 143 Å². The first-order valence-electron chi connectivity index (χ1n) is 9.78. The van der Waals surface area contributed by atoms with E-state index < -0.39 is 0 Å². The van der Waals surface area contributed by atoms with Crippen molar-refractivity contribution in [2.75, 3.05) is 32.7 Å². The lowest BCUT2D eigenvalue weighted by Crippen LogP contribution is -2.30. The molecule has 0 unspecified atom stereocenters. The summed E-state index contributed by atoms with van der Waals surface area (Å²) in [6.45, 7) is 12.0. The molecule has 0 N–H and O–H groups in total. The maximum atomic E-state index is 2.67. The van der Waals surface area contributed by atoms with Crippen LogP contribution in [-0.2, 0) is 6.54 Å². The van der Waals surface area contributed by atoms with E-state index in [0.717, 1.165) is 13.1 Å². The van der Waals surface area contributed by atoms with Crippen LogP contribution in [0.4, 0.5) is 0 Å². The zero-order valence-electron chi connectivity index (χ0n) is 15.4. The van der Waals surface area contributed by atoms with Gasteiger partial charge in [-0.3, -0.25) is 4.90 Å². The van der Waals surface area contributed by atoms with E-state index in [2.05, 4.69) is 47.9 Å². The van der Waals surface area contributed by atoms with Crippen LogP contribution in [0.5, 0.6) is 0 Å². The highest BCUT2D eigenvalue weighted by molar-refractivity contribution is 5.21. The first-order valence-corrected chi connectivity index (χ1v) is 9.78. The Morgan fingerprint density at radius 3 is 2.30 bits per heavy atom. The Bertz CT molecular complexity index is 406. The molecule has 0 radical (unpaired) electrons. The molecule has 130 valence electrons. The third kappa shape index (κ3) is 7.50. The summed E-state index contributed by atoms with van der Waals surface area (Å²) in [6, 6.07) is 9.00. The lowest BCUT2D eigenvalue weighted by molar-refractivity contribution is 0.222. The second kappa shape index (κ2) is 10.8. The molecule has 1 aromatic carbocycles. The molecule has 2 rings (SSSR count). The largest absolute Gasteiger partial charge is 0.303 e. The highest BCUT2D eigenvalue weighted by Crippen LogP contribution is 2.11. The zero-order chi connectivity index (χ0) is 16.3. The lowest BCUT2D eigenvalue weighted by Gasteiger charge is -2.26. The van der Waals surface area contributed by atoms with Crippen molar-refractivity contribution < 1.29 is 0 Å². The molecule has 0 amide bonds. The summed E-state index contributed by atoms with van der Waals surface area (Å²) in [5.74, 6) is 0. The molecule has 1 aliphatic heterocycles. The van der Waals surface area contributed by atoms with E-state index in [-0.39, 0.29) is 0 Å². The van der Waals surface area contributed by atoms with Crippen molar-refractivity contribution in [2.45, 2.75) is 65.3 Å². The molecule has 0 bridgehead atoms. The molecule has 1 aromatic rings. The molecule has 1 aliphatic rings. The van der Waals surface area contributed by atoms with Crippen molar-refractivity contribution in [1.82, 2.24) is 9.80 Å². The molecule has 0 saturated carbocycles. The molecule has 0 spiro atoms. The molecule has 1 heterocycles. The molecular formula is C21H36N2. The SMILES string of the molecule is CCN(CCCCCCN1CCCCC1)Cc1ccc(C)cc1. The van der Waals surface area contributed by atoms with Crippen LogP contribution in [0.15, 0.2) is 24.3 Å². The third-order valence-electron chi connectivity index (χ3n) is 5.12. The number of nitrogens with zero attached hydrogens (tertiary/aromatic N) is 2. The number of benzene rings is 1. The number of rotatable bonds is 10. The number of hydrogen-bond donors (Lipinski definition) is 0. The number of aryl methyl sites for hydroxylation is 1. The van der Waals surface area contributed by atoms with E-state index in [0.29, 0.717) is 0 Å². The van der Waals surface area contributed by atoms with Crippen molar-refractivity contribution in [2.24, 2.45) is 0 Å². The van der Waals surface area contributed by atoms with Gasteiger partial charge in [-0.1, -0.05) is 56.0 Å². The van der Waals surface area contributed by atoms with Crippen LogP contribution in [0.25, 0.3) is 0 Å². The molecule has 1 saturated heterocycles. The normalized spacial score (nSPS) is 16.1. The van der Waals surface area contributed by atoms with Crippen molar-refractivity contribution >= 4 is 0 Å². The number of likely N-dealkylation sites (tertiary alicyclic amines) is 1. The Morgan fingerprint density at radius 2 is 1.61 bits per heavy atom. The number of hydrogen-bond acceptors (Lipinski definition) is 2. The summed E-state index contributed by atoms with van der Waals surface area (Å²) in [5.41, 5.74) is 2.80. The van der Waals surface area contributed by atoms with E-state index in [1.54, 1.807) is 0 Å². The minimum atomic E-state index is 1.10. The summed E-state index contributed by atoms with van der Waals surface area (Å²) in [4.78, 5) is 5.24. The first kappa shape index (κ1) is 18.5. The minimum Gasteiger partial charge on any atom is -0.303 e. The molecule has 0 aliphatic carbocycles. The summed E-state index contributed by atoms with van der Waals surface area (Å²) in [7, 11) is 0. The monoisotopic (exact) mass is 316 g/mol. The van der Waals surface area contributed by atoms with Gasteiger partial charge in [-0.25, -0.2) is 0 Å². The fourth-order valence-corrected chi connectivity index (χ4v) is 3.51. The van der Waals surface area contributed by atoms with Gasteiger partial charge in [0.25, 0.3) is 0 Å². The predicted octanol–water partition coefficient (Wildman–Crippen LogP) is 4.86. The fraction of sp³-hybridized carbons (Fsp3) is 0.714. The van der Waals surface area contributed by atoms with Crippen LogP contribution >= 0.6 is 0 Å². The summed E-state index contributed by atoms with van der Waals surface area (Å²) < 4.78 is 0. The fourth-order valence-electron chi connectivity index (χ4n) is 3.51. The first-order chi connectivity index (χ1) is 11.3. The molecule has 1 fully saturated rings. The highest BCUT2D eigenvalue weighted by atomic mass is 15.1. The van der Waals surface area contributed by atoms with Gasteiger partial charge in [0, 0.05) is 6.54 Å². The molecule has 2 heteroatoms. The van der Waals surface area contributed by atoms with Gasteiger partial charge in [0.2, 0.25) is 0 Å². The Morgan fingerprint density at radius 1 is 0.913 bits per heavy atom. The predicted molar refractivity (Wildman–Crippen MR) is 101 cm³/mol. The third-order valence-corrected chi connectivity index (χ3v) is 5.12.